The monoisotopic (exact) mass is 270 g/mol. The third kappa shape index (κ3) is 55.1. The molecule has 0 radical (unpaired) electrons. The van der Waals surface area contributed by atoms with E-state index in [0.29, 0.717) is 0 Å². The Bertz CT molecular complexity index is 38.9. The van der Waals surface area contributed by atoms with Crippen LogP contribution in [0.4, 0.5) is 17.3 Å². The molecule has 0 heterocycles. The normalized spacial score (nSPS) is 8.57. The van der Waals surface area contributed by atoms with E-state index in [1.807, 2.05) is 0 Å². The Labute approximate surface area is 116 Å². The van der Waals surface area contributed by atoms with Crippen molar-refractivity contribution < 1.29 is 24.4 Å². The van der Waals surface area contributed by atoms with Crippen LogP contribution in [0.2, 0.25) is 0 Å². The van der Waals surface area contributed by atoms with E-state index in [9.17, 15) is 17.3 Å². The average Bonchev–Trinajstić information content (AvgIpc) is 0.722. The fourth-order valence-corrected chi connectivity index (χ4v) is 0. The first-order valence-electron chi connectivity index (χ1n) is 0.873. The van der Waals surface area contributed by atoms with Gasteiger partial charge in [-0.1, -0.05) is 0 Å². The third-order valence-electron chi connectivity index (χ3n) is 0. The molecule has 7 heavy (non-hydrogen) atoms. The maximum atomic E-state index is 9.75. The van der Waals surface area contributed by atoms with Gasteiger partial charge in [0.1, 0.15) is 0 Å². The quantitative estimate of drug-likeness (QED) is 0.456. The van der Waals surface area contributed by atoms with Crippen molar-refractivity contribution in [2.45, 2.75) is 0 Å². The van der Waals surface area contributed by atoms with Crippen molar-refractivity contribution in [3.8, 4) is 0 Å². The summed E-state index contributed by atoms with van der Waals surface area (Å²) < 4.78 is 39.0. The molecule has 0 nitrogen and oxygen atoms in total. The van der Waals surface area contributed by atoms with Gasteiger partial charge in [-0.15, -0.1) is 0 Å². The van der Waals surface area contributed by atoms with Crippen molar-refractivity contribution in [2.24, 2.45) is 0 Å². The minimum atomic E-state index is -6.00. The molecule has 0 amide bonds. The Morgan fingerprint density at radius 3 is 1.14 bits per heavy atom. The second-order valence-corrected chi connectivity index (χ2v) is 0.495. The molecular formula is H5BBaCaF4. The van der Waals surface area contributed by atoms with Gasteiger partial charge in [-0.2, -0.15) is 0 Å². The molecule has 0 fully saturated rings. The fourth-order valence-electron chi connectivity index (χ4n) is 0. The Kier molecular flexibility index (Phi) is 15.7. The topological polar surface area (TPSA) is 0 Å². The van der Waals surface area contributed by atoms with Gasteiger partial charge in [0.05, 0.1) is 0 Å². The van der Waals surface area contributed by atoms with E-state index < -0.39 is 7.25 Å². The maximum absolute atomic E-state index is 9.75. The smallest absolute Gasteiger partial charge is 1.00 e. The van der Waals surface area contributed by atoms with Gasteiger partial charge in [0.15, 0.2) is 0 Å². The third-order valence-corrected chi connectivity index (χ3v) is 0. The molecule has 0 unspecified atom stereocenters. The number of rotatable bonds is 0. The summed E-state index contributed by atoms with van der Waals surface area (Å²) >= 11 is 0. The molecule has 7 heteroatoms. The summed E-state index contributed by atoms with van der Waals surface area (Å²) in [6, 6.07) is 0. The van der Waals surface area contributed by atoms with Gasteiger partial charge in [0.2, 0.25) is 0 Å². The predicted octanol–water partition coefficient (Wildman–Crippen LogP) is 1.10. The second kappa shape index (κ2) is 6.73. The van der Waals surface area contributed by atoms with Gasteiger partial charge in [0.25, 0.3) is 0 Å². The SMILES string of the molecule is F[B-](F)(F)F.[Ba+2].[Ca+2].[H+].[H-].[H-].[H-].[H-]. The summed E-state index contributed by atoms with van der Waals surface area (Å²) in [7, 11) is -6.00. The molecular weight excluding hydrogens is 264 g/mol. The van der Waals surface area contributed by atoms with Gasteiger partial charge in [-0.05, 0) is 0 Å². The fraction of sp³-hybridized carbons (Fsp3) is 0. The number of halogens is 4. The van der Waals surface area contributed by atoms with E-state index in [4.69, 9.17) is 0 Å². The first kappa shape index (κ1) is 16.3. The Morgan fingerprint density at radius 1 is 1.14 bits per heavy atom. The van der Waals surface area contributed by atoms with E-state index in [1.165, 1.54) is 0 Å². The number of hydrogen-bond donors (Lipinski definition) is 0. The molecule has 40 valence electrons. The van der Waals surface area contributed by atoms with Crippen LogP contribution in [0.25, 0.3) is 0 Å². The van der Waals surface area contributed by atoms with E-state index in [1.54, 1.807) is 0 Å². The van der Waals surface area contributed by atoms with Crippen molar-refractivity contribution in [1.82, 2.24) is 0 Å². The summed E-state index contributed by atoms with van der Waals surface area (Å²) in [6.45, 7) is 0. The van der Waals surface area contributed by atoms with Crippen molar-refractivity contribution in [1.29, 1.82) is 0 Å². The van der Waals surface area contributed by atoms with Crippen LogP contribution in [-0.2, 0) is 0 Å². The van der Waals surface area contributed by atoms with Crippen LogP contribution >= 0.6 is 0 Å². The van der Waals surface area contributed by atoms with Crippen molar-refractivity contribution in [3.63, 3.8) is 0 Å². The van der Waals surface area contributed by atoms with E-state index in [-0.39, 0.29) is 93.8 Å². The molecule has 0 aromatic carbocycles. The molecule has 0 spiro atoms. The molecule has 0 saturated carbocycles. The van der Waals surface area contributed by atoms with E-state index in [2.05, 4.69) is 0 Å². The molecule has 0 N–H and O–H groups in total. The van der Waals surface area contributed by atoms with Gasteiger partial charge in [-0.3, -0.25) is 0 Å². The minimum absolute atomic E-state index is 0. The summed E-state index contributed by atoms with van der Waals surface area (Å²) in [4.78, 5) is 0. The zero-order chi connectivity index (χ0) is 4.50. The average molecular weight is 269 g/mol. The van der Waals surface area contributed by atoms with Crippen molar-refractivity contribution in [2.75, 3.05) is 0 Å². The zero-order valence-corrected chi connectivity index (χ0v) is 10.2. The zero-order valence-electron chi connectivity index (χ0n) is 8.50. The molecule has 0 atom stereocenters. The predicted molar refractivity (Wildman–Crippen MR) is 27.3 cm³/mol. The van der Waals surface area contributed by atoms with Gasteiger partial charge >= 0.3 is 95.3 Å². The van der Waals surface area contributed by atoms with Crippen LogP contribution < -0.4 is 0 Å². The first-order valence-corrected chi connectivity index (χ1v) is 0.873. The Balaban J connectivity index is -0.00000000381. The van der Waals surface area contributed by atoms with Gasteiger partial charge < -0.3 is 23.0 Å². The summed E-state index contributed by atoms with van der Waals surface area (Å²) in [5.74, 6) is 0. The molecule has 0 aromatic rings. The molecule has 0 aliphatic carbocycles. The number of hydrogen-bond acceptors (Lipinski definition) is 0. The molecule has 0 aliphatic heterocycles. The maximum Gasteiger partial charge on any atom is 2.00 e. The van der Waals surface area contributed by atoms with Gasteiger partial charge in [-0.25, -0.2) is 0 Å². The van der Waals surface area contributed by atoms with Crippen LogP contribution in [0, 0.1) is 0 Å². The van der Waals surface area contributed by atoms with E-state index >= 15 is 0 Å². The van der Waals surface area contributed by atoms with Crippen LogP contribution in [-0.4, -0.2) is 93.9 Å². The van der Waals surface area contributed by atoms with E-state index in [0.717, 1.165) is 0 Å². The van der Waals surface area contributed by atoms with Crippen molar-refractivity contribution >= 4 is 93.9 Å². The molecule has 0 aromatic heterocycles. The Hall–Kier alpha value is 2.62. The Morgan fingerprint density at radius 2 is 1.14 bits per heavy atom. The summed E-state index contributed by atoms with van der Waals surface area (Å²) in [6.07, 6.45) is 0. The summed E-state index contributed by atoms with van der Waals surface area (Å²) in [5.41, 5.74) is 0. The molecule has 0 bridgehead atoms. The molecule has 0 aliphatic rings. The first-order chi connectivity index (χ1) is 2.00. The minimum Gasteiger partial charge on any atom is -1.00 e. The van der Waals surface area contributed by atoms with Gasteiger partial charge in [0, 0.05) is 0 Å². The summed E-state index contributed by atoms with van der Waals surface area (Å²) in [5, 5.41) is 0. The largest absolute Gasteiger partial charge is 2.00 e. The van der Waals surface area contributed by atoms with Crippen LogP contribution in [0.15, 0.2) is 0 Å². The van der Waals surface area contributed by atoms with Crippen molar-refractivity contribution in [3.05, 3.63) is 0 Å². The molecule has 0 rings (SSSR count). The van der Waals surface area contributed by atoms with Crippen LogP contribution in [0.1, 0.15) is 7.13 Å². The standard InChI is InChI=1S/BF4.Ba.Ca.4H/c2-1(3,4)5;;;;;;/q-1;2*+2;4*-1/p+1. The second-order valence-electron chi connectivity index (χ2n) is 0.495. The molecule has 0 saturated heterocycles. The van der Waals surface area contributed by atoms with Crippen LogP contribution in [0.3, 0.4) is 0 Å². The van der Waals surface area contributed by atoms with Crippen LogP contribution in [0.5, 0.6) is 0 Å².